The predicted octanol–water partition coefficient (Wildman–Crippen LogP) is 5.31. The number of hydrogen-bond acceptors (Lipinski definition) is 14. The molecule has 17 nitrogen and oxygen atoms in total. The highest BCUT2D eigenvalue weighted by Gasteiger charge is 2.39. The highest BCUT2D eigenvalue weighted by atomic mass is 32.2. The second kappa shape index (κ2) is 21.8. The second-order valence-corrected chi connectivity index (χ2v) is 19.7. The SMILES string of the molecule is C[C@@H]1CN(c2ccc(C(=O)NCc3ccc4c(c3)CN(C3CCC(=O)NC3=O)C4=O)nn2)CCN1CCCCCCCCC(=O)Nc1cccc(Sc2cnc(N3CCC(C)(N)CC3)cn2)c1. The number of benzene rings is 2. The Morgan fingerprint density at radius 1 is 0.881 bits per heavy atom. The lowest BCUT2D eigenvalue weighted by Gasteiger charge is -2.40. The van der Waals surface area contributed by atoms with Gasteiger partial charge in [-0.1, -0.05) is 55.6 Å². The lowest BCUT2D eigenvalue weighted by atomic mass is 9.91. The van der Waals surface area contributed by atoms with Crippen molar-refractivity contribution in [1.82, 2.24) is 40.6 Å². The van der Waals surface area contributed by atoms with E-state index in [4.69, 9.17) is 5.73 Å². The third-order valence-electron chi connectivity index (χ3n) is 13.3. The van der Waals surface area contributed by atoms with Crippen LogP contribution >= 0.6 is 11.8 Å². The fourth-order valence-corrected chi connectivity index (χ4v) is 10.0. The molecule has 0 radical (unpaired) electrons. The highest BCUT2D eigenvalue weighted by Crippen LogP contribution is 2.31. The summed E-state index contributed by atoms with van der Waals surface area (Å²) < 4.78 is 0. The van der Waals surface area contributed by atoms with Crippen LogP contribution in [0.4, 0.5) is 17.3 Å². The Balaban J connectivity index is 0.673. The highest BCUT2D eigenvalue weighted by molar-refractivity contribution is 7.99. The van der Waals surface area contributed by atoms with E-state index in [0.717, 1.165) is 129 Å². The van der Waals surface area contributed by atoms with Crippen LogP contribution in [-0.4, -0.2) is 116 Å². The number of nitrogens with zero attached hydrogens (tertiary/aromatic N) is 8. The fourth-order valence-electron chi connectivity index (χ4n) is 9.22. The number of rotatable bonds is 18. The van der Waals surface area contributed by atoms with Crippen molar-refractivity contribution in [2.75, 3.05) is 54.4 Å². The fraction of sp³-hybridized carbons (Fsp3) is 0.490. The minimum atomic E-state index is -0.674. The van der Waals surface area contributed by atoms with Crippen LogP contribution in [0, 0.1) is 0 Å². The van der Waals surface area contributed by atoms with Crippen molar-refractivity contribution in [3.63, 3.8) is 0 Å². The van der Waals surface area contributed by atoms with Crippen LogP contribution in [0.15, 0.2) is 76.9 Å². The van der Waals surface area contributed by atoms with Gasteiger partial charge in [0.2, 0.25) is 17.7 Å². The van der Waals surface area contributed by atoms with Crippen LogP contribution in [0.25, 0.3) is 0 Å². The number of piperazine rings is 1. The average molecular weight is 931 g/mol. The van der Waals surface area contributed by atoms with Crippen LogP contribution in [0.5, 0.6) is 0 Å². The number of nitrogens with one attached hydrogen (secondary N) is 3. The number of hydrogen-bond donors (Lipinski definition) is 4. The van der Waals surface area contributed by atoms with Gasteiger partial charge in [-0.05, 0) is 100 Å². The third-order valence-corrected chi connectivity index (χ3v) is 14.2. The van der Waals surface area contributed by atoms with E-state index in [-0.39, 0.29) is 54.4 Å². The number of unbranched alkanes of at least 4 members (excludes halogenated alkanes) is 5. The van der Waals surface area contributed by atoms with Gasteiger partial charge in [-0.2, -0.15) is 0 Å². The van der Waals surface area contributed by atoms with E-state index < -0.39 is 11.9 Å². The number of piperidine rings is 2. The summed E-state index contributed by atoms with van der Waals surface area (Å²) in [6.45, 7) is 10.2. The van der Waals surface area contributed by atoms with Gasteiger partial charge < -0.3 is 31.1 Å². The van der Waals surface area contributed by atoms with Crippen molar-refractivity contribution in [1.29, 1.82) is 0 Å². The van der Waals surface area contributed by atoms with Crippen LogP contribution in [0.2, 0.25) is 0 Å². The number of aromatic nitrogens is 4. The molecule has 8 rings (SSSR count). The molecule has 5 amide bonds. The molecular weight excluding hydrogens is 869 g/mol. The molecule has 2 aromatic carbocycles. The van der Waals surface area contributed by atoms with E-state index in [0.29, 0.717) is 24.4 Å². The summed E-state index contributed by atoms with van der Waals surface area (Å²) in [4.78, 5) is 81.5. The van der Waals surface area contributed by atoms with E-state index in [1.807, 2.05) is 48.8 Å². The average Bonchev–Trinajstić information content (AvgIpc) is 3.64. The first-order valence-electron chi connectivity index (χ1n) is 23.7. The van der Waals surface area contributed by atoms with E-state index in [2.05, 4.69) is 64.7 Å². The first kappa shape index (κ1) is 47.5. The van der Waals surface area contributed by atoms with Gasteiger partial charge in [-0.3, -0.25) is 34.2 Å². The molecule has 0 bridgehead atoms. The Kier molecular flexibility index (Phi) is 15.4. The van der Waals surface area contributed by atoms with Crippen molar-refractivity contribution in [2.45, 2.75) is 125 Å². The van der Waals surface area contributed by atoms with Crippen LogP contribution in [0.1, 0.15) is 116 Å². The minimum absolute atomic E-state index is 0.0365. The molecule has 4 aliphatic heterocycles. The maximum atomic E-state index is 13.0. The summed E-state index contributed by atoms with van der Waals surface area (Å²) in [5.74, 6) is 0.312. The van der Waals surface area contributed by atoms with E-state index in [1.165, 1.54) is 16.7 Å². The van der Waals surface area contributed by atoms with Gasteiger partial charge in [0.25, 0.3) is 11.8 Å². The van der Waals surface area contributed by atoms with Crippen LogP contribution in [0.3, 0.4) is 0 Å². The number of amides is 5. The van der Waals surface area contributed by atoms with Gasteiger partial charge in [-0.15, -0.1) is 10.2 Å². The Labute approximate surface area is 396 Å². The Bertz CT molecular complexity index is 2410. The molecule has 18 heteroatoms. The van der Waals surface area contributed by atoms with Gasteiger partial charge in [-0.25, -0.2) is 9.97 Å². The molecule has 3 saturated heterocycles. The quantitative estimate of drug-likeness (QED) is 0.0737. The van der Waals surface area contributed by atoms with Gasteiger partial charge in [0, 0.05) is 86.4 Å². The number of carbonyl (C=O) groups is 5. The molecule has 0 saturated carbocycles. The molecule has 354 valence electrons. The van der Waals surface area contributed by atoms with Gasteiger partial charge in [0.15, 0.2) is 11.5 Å². The van der Waals surface area contributed by atoms with E-state index in [9.17, 15) is 24.0 Å². The van der Waals surface area contributed by atoms with Gasteiger partial charge >= 0.3 is 0 Å². The zero-order valence-corrected chi connectivity index (χ0v) is 39.4. The summed E-state index contributed by atoms with van der Waals surface area (Å²) in [6.07, 6.45) is 13.0. The molecule has 1 unspecified atom stereocenters. The van der Waals surface area contributed by atoms with Crippen molar-refractivity contribution >= 4 is 58.6 Å². The number of fused-ring (bicyclic) bond motifs is 1. The third kappa shape index (κ3) is 12.5. The molecule has 2 atom stereocenters. The Hall–Kier alpha value is -5.98. The largest absolute Gasteiger partial charge is 0.355 e. The zero-order valence-electron chi connectivity index (χ0n) is 38.5. The van der Waals surface area contributed by atoms with Crippen LogP contribution < -0.4 is 31.5 Å². The first-order valence-corrected chi connectivity index (χ1v) is 24.5. The molecule has 67 heavy (non-hydrogen) atoms. The predicted molar refractivity (Wildman–Crippen MR) is 257 cm³/mol. The molecule has 6 heterocycles. The van der Waals surface area contributed by atoms with Gasteiger partial charge in [0.05, 0.1) is 12.4 Å². The number of carbonyl (C=O) groups excluding carboxylic acids is 5. The first-order chi connectivity index (χ1) is 32.4. The number of anilines is 3. The maximum Gasteiger partial charge on any atom is 0.272 e. The standard InChI is InChI=1S/C49H62N12O5S/c1-33-31-60(41-17-15-39(56-57-41)46(64)53-28-34-13-14-38-35(26-34)32-61(48(38)66)40-16-18-44(63)55-47(40)65)25-24-58(33)21-8-6-4-3-5-7-12-43(62)54-36-10-9-11-37(27-36)67-45-30-51-42(29-52-45)59-22-19-49(2,50)20-23-59/h9-11,13-15,17,26-27,29-30,33,40H,3-8,12,16,18-25,28,31-32,50H2,1-2H3,(H,53,64)(H,54,62)(H,55,63,65)/t33-,40?/m1/s1. The van der Waals surface area contributed by atoms with Crippen molar-refractivity contribution in [3.05, 3.63) is 89.4 Å². The zero-order chi connectivity index (χ0) is 46.9. The van der Waals surface area contributed by atoms with Crippen molar-refractivity contribution < 1.29 is 24.0 Å². The van der Waals surface area contributed by atoms with E-state index in [1.54, 1.807) is 18.2 Å². The van der Waals surface area contributed by atoms with Crippen molar-refractivity contribution in [3.8, 4) is 0 Å². The molecule has 4 aliphatic rings. The molecule has 0 spiro atoms. The van der Waals surface area contributed by atoms with Crippen LogP contribution in [-0.2, 0) is 27.5 Å². The monoisotopic (exact) mass is 930 g/mol. The summed E-state index contributed by atoms with van der Waals surface area (Å²) in [5.41, 5.74) is 9.30. The molecule has 4 aromatic rings. The smallest absolute Gasteiger partial charge is 0.272 e. The maximum absolute atomic E-state index is 13.0. The number of imide groups is 1. The second-order valence-electron chi connectivity index (χ2n) is 18.6. The Morgan fingerprint density at radius 3 is 2.43 bits per heavy atom. The van der Waals surface area contributed by atoms with Gasteiger partial charge in [0.1, 0.15) is 16.9 Å². The summed E-state index contributed by atoms with van der Waals surface area (Å²) in [7, 11) is 0. The topological polar surface area (TPSA) is 212 Å². The molecule has 3 fully saturated rings. The summed E-state index contributed by atoms with van der Waals surface area (Å²) in [6, 6.07) is 16.5. The Morgan fingerprint density at radius 2 is 1.69 bits per heavy atom. The normalized spacial score (nSPS) is 19.6. The lowest BCUT2D eigenvalue weighted by molar-refractivity contribution is -0.137. The minimum Gasteiger partial charge on any atom is -0.355 e. The summed E-state index contributed by atoms with van der Waals surface area (Å²) in [5, 5.41) is 17.7. The molecule has 0 aliphatic carbocycles. The molecular formula is C49H62N12O5S. The lowest BCUT2D eigenvalue weighted by Crippen LogP contribution is -2.52. The van der Waals surface area contributed by atoms with E-state index >= 15 is 0 Å². The molecule has 2 aromatic heterocycles. The molecule has 5 N–H and O–H groups in total. The van der Waals surface area contributed by atoms with Crippen molar-refractivity contribution in [2.24, 2.45) is 5.73 Å². The summed E-state index contributed by atoms with van der Waals surface area (Å²) >= 11 is 1.53. The number of nitrogens with two attached hydrogens (primary N) is 1.